The normalized spacial score (nSPS) is 12.1. The molecule has 1 aromatic carbocycles. The Bertz CT molecular complexity index is 468. The van der Waals surface area contributed by atoms with Gasteiger partial charge in [0.1, 0.15) is 5.82 Å². The van der Waals surface area contributed by atoms with Gasteiger partial charge in [0.15, 0.2) is 0 Å². The van der Waals surface area contributed by atoms with E-state index in [1.165, 1.54) is 5.56 Å². The lowest BCUT2D eigenvalue weighted by molar-refractivity contribution is 0.762. The zero-order chi connectivity index (χ0) is 12.1. The molecule has 3 N–H and O–H groups in total. The van der Waals surface area contributed by atoms with Crippen LogP contribution in [0.5, 0.6) is 0 Å². The first kappa shape index (κ1) is 11.6. The van der Waals surface area contributed by atoms with Gasteiger partial charge in [-0.1, -0.05) is 30.3 Å². The minimum Gasteiger partial charge on any atom is -0.368 e. The van der Waals surface area contributed by atoms with Gasteiger partial charge in [0.2, 0.25) is 0 Å². The number of nitrogens with one attached hydrogen (secondary N) is 1. The summed E-state index contributed by atoms with van der Waals surface area (Å²) in [6.07, 6.45) is 1.80. The van der Waals surface area contributed by atoms with Gasteiger partial charge in [-0.05, 0) is 30.2 Å². The van der Waals surface area contributed by atoms with Crippen LogP contribution >= 0.6 is 0 Å². The standard InChI is InChI=1S/C14H17N3/c1-11-7-8-16-14(9-11)17-10-13(15)12-5-3-2-4-6-12/h2-9,13H,10,15H2,1H3,(H,16,17). The van der Waals surface area contributed by atoms with Crippen LogP contribution in [-0.4, -0.2) is 11.5 Å². The lowest BCUT2D eigenvalue weighted by Gasteiger charge is -2.13. The van der Waals surface area contributed by atoms with Gasteiger partial charge in [0.05, 0.1) is 0 Å². The number of nitrogens with two attached hydrogens (primary N) is 1. The minimum atomic E-state index is -0.0153. The summed E-state index contributed by atoms with van der Waals surface area (Å²) in [7, 11) is 0. The van der Waals surface area contributed by atoms with Gasteiger partial charge in [0, 0.05) is 18.8 Å². The molecule has 0 aliphatic carbocycles. The Morgan fingerprint density at radius 2 is 2.00 bits per heavy atom. The van der Waals surface area contributed by atoms with E-state index in [2.05, 4.69) is 10.3 Å². The van der Waals surface area contributed by atoms with Gasteiger partial charge < -0.3 is 11.1 Å². The quantitative estimate of drug-likeness (QED) is 0.843. The zero-order valence-corrected chi connectivity index (χ0v) is 9.93. The molecule has 0 fully saturated rings. The molecule has 3 heteroatoms. The molecule has 1 atom stereocenters. The molecular formula is C14H17N3. The van der Waals surface area contributed by atoms with E-state index < -0.39 is 0 Å². The van der Waals surface area contributed by atoms with Crippen molar-refractivity contribution in [1.29, 1.82) is 0 Å². The number of aromatic nitrogens is 1. The number of benzene rings is 1. The molecule has 2 aromatic rings. The summed E-state index contributed by atoms with van der Waals surface area (Å²) < 4.78 is 0. The van der Waals surface area contributed by atoms with Crippen LogP contribution in [0.3, 0.4) is 0 Å². The third kappa shape index (κ3) is 3.29. The first-order valence-electron chi connectivity index (χ1n) is 5.73. The number of hydrogen-bond acceptors (Lipinski definition) is 3. The topological polar surface area (TPSA) is 50.9 Å². The molecule has 0 radical (unpaired) electrons. The van der Waals surface area contributed by atoms with E-state index >= 15 is 0 Å². The van der Waals surface area contributed by atoms with Crippen molar-refractivity contribution in [1.82, 2.24) is 4.98 Å². The number of rotatable bonds is 4. The second-order valence-corrected chi connectivity index (χ2v) is 4.12. The Labute approximate surface area is 102 Å². The summed E-state index contributed by atoms with van der Waals surface area (Å²) >= 11 is 0. The molecule has 17 heavy (non-hydrogen) atoms. The first-order valence-corrected chi connectivity index (χ1v) is 5.73. The van der Waals surface area contributed by atoms with Crippen molar-refractivity contribution in [3.05, 3.63) is 59.8 Å². The van der Waals surface area contributed by atoms with E-state index in [1.807, 2.05) is 49.4 Å². The number of anilines is 1. The second-order valence-electron chi connectivity index (χ2n) is 4.12. The van der Waals surface area contributed by atoms with Crippen LogP contribution in [0.2, 0.25) is 0 Å². The molecule has 1 unspecified atom stereocenters. The van der Waals surface area contributed by atoms with Crippen molar-refractivity contribution in [2.75, 3.05) is 11.9 Å². The molecule has 0 amide bonds. The fourth-order valence-electron chi connectivity index (χ4n) is 1.67. The van der Waals surface area contributed by atoms with Gasteiger partial charge in [-0.3, -0.25) is 0 Å². The fourth-order valence-corrected chi connectivity index (χ4v) is 1.67. The molecule has 0 spiro atoms. The van der Waals surface area contributed by atoms with Gasteiger partial charge >= 0.3 is 0 Å². The lowest BCUT2D eigenvalue weighted by atomic mass is 10.1. The molecule has 3 nitrogen and oxygen atoms in total. The maximum absolute atomic E-state index is 6.09. The maximum Gasteiger partial charge on any atom is 0.126 e. The SMILES string of the molecule is Cc1ccnc(NCC(N)c2ccccc2)c1. The summed E-state index contributed by atoms with van der Waals surface area (Å²) in [6.45, 7) is 2.73. The predicted molar refractivity (Wildman–Crippen MR) is 70.8 cm³/mol. The fraction of sp³-hybridized carbons (Fsp3) is 0.214. The van der Waals surface area contributed by atoms with E-state index in [1.54, 1.807) is 6.20 Å². The predicted octanol–water partition coefficient (Wildman–Crippen LogP) is 2.50. The summed E-state index contributed by atoms with van der Waals surface area (Å²) in [5.74, 6) is 0.872. The van der Waals surface area contributed by atoms with Crippen LogP contribution < -0.4 is 11.1 Å². The smallest absolute Gasteiger partial charge is 0.126 e. The van der Waals surface area contributed by atoms with E-state index in [4.69, 9.17) is 5.73 Å². The second kappa shape index (κ2) is 5.46. The first-order chi connectivity index (χ1) is 8.25. The molecule has 0 saturated carbocycles. The van der Waals surface area contributed by atoms with Crippen molar-refractivity contribution >= 4 is 5.82 Å². The lowest BCUT2D eigenvalue weighted by Crippen LogP contribution is -2.20. The van der Waals surface area contributed by atoms with Crippen LogP contribution in [0, 0.1) is 6.92 Å². The highest BCUT2D eigenvalue weighted by atomic mass is 15.0. The highest BCUT2D eigenvalue weighted by molar-refractivity contribution is 5.37. The molecule has 0 aliphatic rings. The number of pyridine rings is 1. The van der Waals surface area contributed by atoms with Crippen molar-refractivity contribution in [3.63, 3.8) is 0 Å². The monoisotopic (exact) mass is 227 g/mol. The zero-order valence-electron chi connectivity index (χ0n) is 9.93. The van der Waals surface area contributed by atoms with Gasteiger partial charge in [-0.25, -0.2) is 4.98 Å². The number of aryl methyl sites for hydroxylation is 1. The van der Waals surface area contributed by atoms with Crippen molar-refractivity contribution in [2.24, 2.45) is 5.73 Å². The van der Waals surface area contributed by atoms with Gasteiger partial charge in [-0.15, -0.1) is 0 Å². The van der Waals surface area contributed by atoms with E-state index in [-0.39, 0.29) is 6.04 Å². The largest absolute Gasteiger partial charge is 0.368 e. The minimum absolute atomic E-state index is 0.0153. The molecule has 1 aromatic heterocycles. The third-order valence-electron chi connectivity index (χ3n) is 2.65. The van der Waals surface area contributed by atoms with E-state index in [0.717, 1.165) is 11.4 Å². The van der Waals surface area contributed by atoms with Crippen LogP contribution in [0.4, 0.5) is 5.82 Å². The molecule has 0 aliphatic heterocycles. The van der Waals surface area contributed by atoms with E-state index in [0.29, 0.717) is 6.54 Å². The van der Waals surface area contributed by atoms with Crippen LogP contribution in [0.25, 0.3) is 0 Å². The van der Waals surface area contributed by atoms with Crippen molar-refractivity contribution in [3.8, 4) is 0 Å². The Morgan fingerprint density at radius 3 is 2.71 bits per heavy atom. The Balaban J connectivity index is 1.95. The molecule has 1 heterocycles. The number of hydrogen-bond donors (Lipinski definition) is 2. The third-order valence-corrected chi connectivity index (χ3v) is 2.65. The molecular weight excluding hydrogens is 210 g/mol. The summed E-state index contributed by atoms with van der Waals surface area (Å²) in [5.41, 5.74) is 8.41. The average Bonchev–Trinajstić information content (AvgIpc) is 2.37. The summed E-state index contributed by atoms with van der Waals surface area (Å²) in [4.78, 5) is 4.24. The van der Waals surface area contributed by atoms with Gasteiger partial charge in [0.25, 0.3) is 0 Å². The van der Waals surface area contributed by atoms with Crippen molar-refractivity contribution < 1.29 is 0 Å². The average molecular weight is 227 g/mol. The number of nitrogens with zero attached hydrogens (tertiary/aromatic N) is 1. The maximum atomic E-state index is 6.09. The van der Waals surface area contributed by atoms with Gasteiger partial charge in [-0.2, -0.15) is 0 Å². The Morgan fingerprint density at radius 1 is 1.24 bits per heavy atom. The van der Waals surface area contributed by atoms with Crippen molar-refractivity contribution in [2.45, 2.75) is 13.0 Å². The highest BCUT2D eigenvalue weighted by Crippen LogP contribution is 2.11. The molecule has 0 bridgehead atoms. The highest BCUT2D eigenvalue weighted by Gasteiger charge is 2.04. The van der Waals surface area contributed by atoms with Crippen LogP contribution in [-0.2, 0) is 0 Å². The molecule has 2 rings (SSSR count). The Kier molecular flexibility index (Phi) is 3.73. The summed E-state index contributed by atoms with van der Waals surface area (Å²) in [5, 5.41) is 3.25. The van der Waals surface area contributed by atoms with Crippen LogP contribution in [0.1, 0.15) is 17.2 Å². The summed E-state index contributed by atoms with van der Waals surface area (Å²) in [6, 6.07) is 14.0. The Hall–Kier alpha value is -1.87. The molecule has 0 saturated heterocycles. The van der Waals surface area contributed by atoms with Crippen LogP contribution in [0.15, 0.2) is 48.7 Å². The molecule has 88 valence electrons. The van der Waals surface area contributed by atoms with E-state index in [9.17, 15) is 0 Å².